The molecule has 3 heterocycles. The fourth-order valence-electron chi connectivity index (χ4n) is 4.72. The standard InChI is InChI=1S/C24H27N5O/c1-18-22-20-10-6-7-11-21(20)24(30)29(23(22)26(2)25-18)17-14-27-12-15-28(16-13-27)19-8-4-3-5-9-19/h3-11H,12-17H2,1-2H3. The minimum absolute atomic E-state index is 0.0732. The van der Waals surface area contributed by atoms with Gasteiger partial charge in [0.15, 0.2) is 0 Å². The Hall–Kier alpha value is -3.12. The predicted molar refractivity (Wildman–Crippen MR) is 122 cm³/mol. The van der Waals surface area contributed by atoms with Crippen LogP contribution in [0.5, 0.6) is 0 Å². The lowest BCUT2D eigenvalue weighted by atomic mass is 10.1. The molecule has 0 atom stereocenters. The summed E-state index contributed by atoms with van der Waals surface area (Å²) in [7, 11) is 1.93. The summed E-state index contributed by atoms with van der Waals surface area (Å²) in [5.74, 6) is 0. The maximum atomic E-state index is 13.3. The summed E-state index contributed by atoms with van der Waals surface area (Å²) in [6, 6.07) is 18.5. The fraction of sp³-hybridized carbons (Fsp3) is 0.333. The lowest BCUT2D eigenvalue weighted by Crippen LogP contribution is -2.47. The predicted octanol–water partition coefficient (Wildman–Crippen LogP) is 3.02. The van der Waals surface area contributed by atoms with Crippen LogP contribution < -0.4 is 10.5 Å². The van der Waals surface area contributed by atoms with Crippen molar-refractivity contribution in [3.05, 3.63) is 70.6 Å². The van der Waals surface area contributed by atoms with E-state index in [1.165, 1.54) is 5.69 Å². The average molecular weight is 402 g/mol. The van der Waals surface area contributed by atoms with Gasteiger partial charge in [-0.15, -0.1) is 0 Å². The second kappa shape index (κ2) is 7.61. The van der Waals surface area contributed by atoms with Crippen molar-refractivity contribution >= 4 is 27.5 Å². The van der Waals surface area contributed by atoms with E-state index in [4.69, 9.17) is 0 Å². The Labute approximate surface area is 175 Å². The molecule has 0 bridgehead atoms. The van der Waals surface area contributed by atoms with Crippen LogP contribution in [0.15, 0.2) is 59.4 Å². The van der Waals surface area contributed by atoms with Crippen LogP contribution in [-0.2, 0) is 13.6 Å². The summed E-state index contributed by atoms with van der Waals surface area (Å²) < 4.78 is 3.77. The molecule has 0 saturated carbocycles. The van der Waals surface area contributed by atoms with Crippen LogP contribution in [0, 0.1) is 6.92 Å². The van der Waals surface area contributed by atoms with E-state index in [0.717, 1.165) is 60.2 Å². The molecule has 0 amide bonds. The monoisotopic (exact) mass is 401 g/mol. The SMILES string of the molecule is Cc1nn(C)c2c1c1ccccc1c(=O)n2CCN1CCN(c2ccccc2)CC1. The van der Waals surface area contributed by atoms with E-state index in [1.54, 1.807) is 0 Å². The van der Waals surface area contributed by atoms with Gasteiger partial charge in [0.1, 0.15) is 5.65 Å². The lowest BCUT2D eigenvalue weighted by molar-refractivity contribution is 0.248. The molecule has 154 valence electrons. The second-order valence-electron chi connectivity index (χ2n) is 8.07. The van der Waals surface area contributed by atoms with E-state index in [2.05, 4.69) is 45.2 Å². The highest BCUT2D eigenvalue weighted by atomic mass is 16.1. The van der Waals surface area contributed by atoms with Crippen LogP contribution in [0.1, 0.15) is 5.69 Å². The number of anilines is 1. The molecule has 0 aliphatic carbocycles. The first-order valence-electron chi connectivity index (χ1n) is 10.6. The number of benzene rings is 2. The summed E-state index contributed by atoms with van der Waals surface area (Å²) in [4.78, 5) is 18.2. The van der Waals surface area contributed by atoms with Crippen molar-refractivity contribution in [2.75, 3.05) is 37.6 Å². The van der Waals surface area contributed by atoms with Gasteiger partial charge >= 0.3 is 0 Å². The van der Waals surface area contributed by atoms with E-state index in [9.17, 15) is 4.79 Å². The molecule has 1 aliphatic rings. The molecule has 2 aromatic heterocycles. The fourth-order valence-corrected chi connectivity index (χ4v) is 4.72. The van der Waals surface area contributed by atoms with E-state index in [1.807, 2.05) is 47.5 Å². The van der Waals surface area contributed by atoms with Crippen molar-refractivity contribution in [2.24, 2.45) is 7.05 Å². The summed E-state index contributed by atoms with van der Waals surface area (Å²) in [5, 5.41) is 7.47. The molecule has 6 nitrogen and oxygen atoms in total. The minimum atomic E-state index is 0.0732. The molecule has 1 saturated heterocycles. The smallest absolute Gasteiger partial charge is 0.260 e. The Morgan fingerprint density at radius 2 is 1.53 bits per heavy atom. The third-order valence-corrected chi connectivity index (χ3v) is 6.25. The normalized spacial score (nSPS) is 15.3. The van der Waals surface area contributed by atoms with E-state index >= 15 is 0 Å². The Morgan fingerprint density at radius 3 is 2.27 bits per heavy atom. The molecule has 0 N–H and O–H groups in total. The largest absolute Gasteiger partial charge is 0.369 e. The van der Waals surface area contributed by atoms with Gasteiger partial charge in [0, 0.05) is 68.2 Å². The number of rotatable bonds is 4. The molecule has 5 rings (SSSR count). The van der Waals surface area contributed by atoms with Gasteiger partial charge in [0.25, 0.3) is 5.56 Å². The molecule has 30 heavy (non-hydrogen) atoms. The Bertz CT molecular complexity index is 1250. The highest BCUT2D eigenvalue weighted by Gasteiger charge is 2.20. The number of para-hydroxylation sites is 1. The number of aromatic nitrogens is 3. The molecule has 0 radical (unpaired) electrons. The van der Waals surface area contributed by atoms with Crippen molar-refractivity contribution in [2.45, 2.75) is 13.5 Å². The van der Waals surface area contributed by atoms with Crippen molar-refractivity contribution in [3.63, 3.8) is 0 Å². The van der Waals surface area contributed by atoms with Gasteiger partial charge in [0.2, 0.25) is 0 Å². The molecule has 0 spiro atoms. The third kappa shape index (κ3) is 3.17. The lowest BCUT2D eigenvalue weighted by Gasteiger charge is -2.36. The number of hydrogen-bond acceptors (Lipinski definition) is 4. The number of nitrogens with zero attached hydrogens (tertiary/aromatic N) is 5. The van der Waals surface area contributed by atoms with Crippen molar-refractivity contribution in [1.82, 2.24) is 19.2 Å². The summed E-state index contributed by atoms with van der Waals surface area (Å²) >= 11 is 0. The van der Waals surface area contributed by atoms with Gasteiger partial charge in [0.05, 0.1) is 5.69 Å². The van der Waals surface area contributed by atoms with E-state index < -0.39 is 0 Å². The molecule has 4 aromatic rings. The second-order valence-corrected chi connectivity index (χ2v) is 8.07. The van der Waals surface area contributed by atoms with Gasteiger partial charge in [-0.05, 0) is 25.1 Å². The van der Waals surface area contributed by atoms with Crippen LogP contribution in [-0.4, -0.2) is 52.0 Å². The van der Waals surface area contributed by atoms with Crippen LogP contribution in [0.25, 0.3) is 21.8 Å². The number of pyridine rings is 1. The van der Waals surface area contributed by atoms with Gasteiger partial charge in [-0.1, -0.05) is 36.4 Å². The first-order chi connectivity index (χ1) is 14.6. The van der Waals surface area contributed by atoms with Crippen molar-refractivity contribution < 1.29 is 0 Å². The zero-order valence-electron chi connectivity index (χ0n) is 17.6. The molecule has 1 fully saturated rings. The zero-order chi connectivity index (χ0) is 20.7. The van der Waals surface area contributed by atoms with Crippen molar-refractivity contribution in [1.29, 1.82) is 0 Å². The quantitative estimate of drug-likeness (QED) is 0.527. The van der Waals surface area contributed by atoms with Crippen LogP contribution in [0.4, 0.5) is 5.69 Å². The first-order valence-corrected chi connectivity index (χ1v) is 10.6. The molecular weight excluding hydrogens is 374 g/mol. The Kier molecular flexibility index (Phi) is 4.79. The summed E-state index contributed by atoms with van der Waals surface area (Å²) in [6.45, 7) is 7.58. The highest BCUT2D eigenvalue weighted by molar-refractivity contribution is 6.05. The molecule has 0 unspecified atom stereocenters. The highest BCUT2D eigenvalue weighted by Crippen LogP contribution is 2.25. The zero-order valence-corrected chi connectivity index (χ0v) is 17.6. The Balaban J connectivity index is 1.40. The summed E-state index contributed by atoms with van der Waals surface area (Å²) in [6.07, 6.45) is 0. The van der Waals surface area contributed by atoms with Gasteiger partial charge < -0.3 is 4.90 Å². The Morgan fingerprint density at radius 1 is 0.867 bits per heavy atom. The maximum Gasteiger partial charge on any atom is 0.260 e. The first kappa shape index (κ1) is 18.9. The minimum Gasteiger partial charge on any atom is -0.369 e. The molecule has 2 aromatic carbocycles. The van der Waals surface area contributed by atoms with Crippen LogP contribution in [0.3, 0.4) is 0 Å². The number of piperazine rings is 1. The maximum absolute atomic E-state index is 13.3. The van der Waals surface area contributed by atoms with Crippen molar-refractivity contribution in [3.8, 4) is 0 Å². The van der Waals surface area contributed by atoms with E-state index in [0.29, 0.717) is 6.54 Å². The van der Waals surface area contributed by atoms with Gasteiger partial charge in [-0.25, -0.2) is 0 Å². The third-order valence-electron chi connectivity index (χ3n) is 6.25. The molecular formula is C24H27N5O. The van der Waals surface area contributed by atoms with E-state index in [-0.39, 0.29) is 5.56 Å². The number of hydrogen-bond donors (Lipinski definition) is 0. The molecule has 1 aliphatic heterocycles. The van der Waals surface area contributed by atoms with Crippen LogP contribution in [0.2, 0.25) is 0 Å². The topological polar surface area (TPSA) is 46.3 Å². The number of aryl methyl sites for hydroxylation is 2. The average Bonchev–Trinajstić information content (AvgIpc) is 3.08. The summed E-state index contributed by atoms with van der Waals surface area (Å²) in [5.41, 5.74) is 3.24. The number of fused-ring (bicyclic) bond motifs is 3. The van der Waals surface area contributed by atoms with Gasteiger partial charge in [-0.3, -0.25) is 18.9 Å². The van der Waals surface area contributed by atoms with Crippen LogP contribution >= 0.6 is 0 Å². The molecule has 6 heteroatoms. The van der Waals surface area contributed by atoms with Gasteiger partial charge in [-0.2, -0.15) is 5.10 Å².